The normalized spacial score (nSPS) is 16.7. The Morgan fingerprint density at radius 1 is 1.16 bits per heavy atom. The van der Waals surface area contributed by atoms with Gasteiger partial charge in [0.15, 0.2) is 5.16 Å². The number of aryl methyl sites for hydroxylation is 1. The van der Waals surface area contributed by atoms with Gasteiger partial charge >= 0.3 is 6.09 Å². The summed E-state index contributed by atoms with van der Waals surface area (Å²) in [7, 11) is 0. The standard InChI is InChI=1S/C27H34ClN5O3S/c1-27(2,3)36-26(35)33-21-8-7-19(28)16-20(21)30-25(33)37-15-11-24(34)31-13-9-18(10-14-31)22-17-29-23-6-4-5-12-32(22)23/h7-8,16-18H,4-6,9-15H2,1-3H3. The van der Waals surface area contributed by atoms with E-state index in [0.29, 0.717) is 39.3 Å². The van der Waals surface area contributed by atoms with E-state index >= 15 is 0 Å². The number of hydrogen-bond acceptors (Lipinski definition) is 6. The van der Waals surface area contributed by atoms with Crippen LogP contribution in [0, 0.1) is 0 Å². The first-order valence-electron chi connectivity index (χ1n) is 13.1. The molecule has 4 heterocycles. The lowest BCUT2D eigenvalue weighted by molar-refractivity contribution is -0.131. The molecule has 2 aromatic heterocycles. The number of thioether (sulfide) groups is 1. The van der Waals surface area contributed by atoms with E-state index in [2.05, 4.69) is 20.7 Å². The number of nitrogens with zero attached hydrogens (tertiary/aromatic N) is 5. The third-order valence-corrected chi connectivity index (χ3v) is 8.15. The van der Waals surface area contributed by atoms with Gasteiger partial charge in [-0.15, -0.1) is 0 Å². The summed E-state index contributed by atoms with van der Waals surface area (Å²) in [4.78, 5) is 37.2. The SMILES string of the molecule is CC(C)(C)OC(=O)n1c(SCCC(=O)N2CCC(c3cnc4n3CCCC4)CC2)nc2cc(Cl)ccc21. The molecule has 1 fully saturated rings. The van der Waals surface area contributed by atoms with Crippen LogP contribution in [0.5, 0.6) is 0 Å². The minimum absolute atomic E-state index is 0.143. The van der Waals surface area contributed by atoms with Crippen molar-refractivity contribution in [1.29, 1.82) is 0 Å². The Labute approximate surface area is 226 Å². The van der Waals surface area contributed by atoms with Gasteiger partial charge in [-0.2, -0.15) is 0 Å². The number of imidazole rings is 2. The maximum Gasteiger partial charge on any atom is 0.421 e. The molecule has 1 aromatic carbocycles. The average Bonchev–Trinajstić information content (AvgIpc) is 3.44. The van der Waals surface area contributed by atoms with Crippen LogP contribution in [0.3, 0.4) is 0 Å². The predicted molar refractivity (Wildman–Crippen MR) is 145 cm³/mol. The molecule has 198 valence electrons. The lowest BCUT2D eigenvalue weighted by Gasteiger charge is -2.33. The number of piperidine rings is 1. The van der Waals surface area contributed by atoms with Crippen molar-refractivity contribution >= 4 is 46.4 Å². The highest BCUT2D eigenvalue weighted by Gasteiger charge is 2.28. The fourth-order valence-electron chi connectivity index (χ4n) is 5.19. The van der Waals surface area contributed by atoms with Gasteiger partial charge in [-0.05, 0) is 64.7 Å². The van der Waals surface area contributed by atoms with Crippen LogP contribution in [0.2, 0.25) is 5.02 Å². The second-order valence-electron chi connectivity index (χ2n) is 10.8. The summed E-state index contributed by atoms with van der Waals surface area (Å²) in [6.45, 7) is 8.10. The summed E-state index contributed by atoms with van der Waals surface area (Å²) in [6.07, 6.45) is 7.42. The van der Waals surface area contributed by atoms with Crippen LogP contribution < -0.4 is 0 Å². The molecule has 0 atom stereocenters. The Kier molecular flexibility index (Phi) is 7.54. The number of halogens is 1. The zero-order valence-corrected chi connectivity index (χ0v) is 23.3. The molecule has 0 N–H and O–H groups in total. The van der Waals surface area contributed by atoms with E-state index in [9.17, 15) is 9.59 Å². The van der Waals surface area contributed by atoms with E-state index in [0.717, 1.165) is 38.9 Å². The lowest BCUT2D eigenvalue weighted by atomic mass is 9.93. The number of hydrogen-bond donors (Lipinski definition) is 0. The van der Waals surface area contributed by atoms with Crippen molar-refractivity contribution in [2.24, 2.45) is 0 Å². The first-order valence-corrected chi connectivity index (χ1v) is 14.4. The monoisotopic (exact) mass is 543 g/mol. The molecule has 0 spiro atoms. The zero-order valence-electron chi connectivity index (χ0n) is 21.7. The molecule has 0 saturated carbocycles. The Balaban J connectivity index is 1.19. The molecule has 8 nitrogen and oxygen atoms in total. The van der Waals surface area contributed by atoms with Gasteiger partial charge in [-0.3, -0.25) is 4.79 Å². The topological polar surface area (TPSA) is 82.3 Å². The van der Waals surface area contributed by atoms with E-state index in [-0.39, 0.29) is 5.91 Å². The Hall–Kier alpha value is -2.52. The highest BCUT2D eigenvalue weighted by Crippen LogP contribution is 2.32. The average molecular weight is 544 g/mol. The van der Waals surface area contributed by atoms with Gasteiger partial charge < -0.3 is 14.2 Å². The summed E-state index contributed by atoms with van der Waals surface area (Å²) in [5.41, 5.74) is 1.96. The van der Waals surface area contributed by atoms with Crippen molar-refractivity contribution in [3.05, 3.63) is 40.9 Å². The van der Waals surface area contributed by atoms with Gasteiger partial charge in [0, 0.05) is 61.1 Å². The van der Waals surface area contributed by atoms with Crippen molar-refractivity contribution in [2.45, 2.75) is 82.5 Å². The quantitative estimate of drug-likeness (QED) is 0.373. The summed E-state index contributed by atoms with van der Waals surface area (Å²) >= 11 is 7.54. The maximum atomic E-state index is 13.0. The van der Waals surface area contributed by atoms with Crippen molar-refractivity contribution in [2.75, 3.05) is 18.8 Å². The first-order chi connectivity index (χ1) is 17.7. The van der Waals surface area contributed by atoms with Crippen LogP contribution in [-0.4, -0.2) is 60.4 Å². The maximum absolute atomic E-state index is 13.0. The molecule has 0 radical (unpaired) electrons. The number of aromatic nitrogens is 4. The molecular weight excluding hydrogens is 510 g/mol. The molecule has 10 heteroatoms. The molecule has 0 aliphatic carbocycles. The summed E-state index contributed by atoms with van der Waals surface area (Å²) in [5.74, 6) is 2.35. The minimum atomic E-state index is -0.639. The van der Waals surface area contributed by atoms with Gasteiger partial charge in [0.05, 0.1) is 11.0 Å². The van der Waals surface area contributed by atoms with Gasteiger partial charge in [0.25, 0.3) is 0 Å². The number of ether oxygens (including phenoxy) is 1. The second kappa shape index (κ2) is 10.7. The van der Waals surface area contributed by atoms with Crippen LogP contribution in [0.1, 0.15) is 70.3 Å². The number of amides is 1. The van der Waals surface area contributed by atoms with E-state index in [1.54, 1.807) is 18.2 Å². The van der Waals surface area contributed by atoms with Crippen molar-refractivity contribution in [1.82, 2.24) is 24.0 Å². The van der Waals surface area contributed by atoms with Crippen LogP contribution in [0.15, 0.2) is 29.6 Å². The van der Waals surface area contributed by atoms with Gasteiger partial charge in [0.2, 0.25) is 5.91 Å². The fraction of sp³-hybridized carbons (Fsp3) is 0.556. The van der Waals surface area contributed by atoms with Crippen molar-refractivity contribution in [3.8, 4) is 0 Å². The van der Waals surface area contributed by atoms with E-state index in [1.807, 2.05) is 25.7 Å². The molecule has 0 unspecified atom stereocenters. The van der Waals surface area contributed by atoms with E-state index in [1.165, 1.54) is 40.7 Å². The summed E-state index contributed by atoms with van der Waals surface area (Å²) in [5, 5.41) is 1.05. The first kappa shape index (κ1) is 26.1. The van der Waals surface area contributed by atoms with Crippen LogP contribution >= 0.6 is 23.4 Å². The molecule has 1 saturated heterocycles. The molecule has 37 heavy (non-hydrogen) atoms. The van der Waals surface area contributed by atoms with E-state index < -0.39 is 11.7 Å². The lowest BCUT2D eigenvalue weighted by Crippen LogP contribution is -2.38. The minimum Gasteiger partial charge on any atom is -0.443 e. The Morgan fingerprint density at radius 3 is 2.70 bits per heavy atom. The number of fused-ring (bicyclic) bond motifs is 2. The second-order valence-corrected chi connectivity index (χ2v) is 12.3. The third kappa shape index (κ3) is 5.82. The number of likely N-dealkylation sites (tertiary alicyclic amines) is 1. The van der Waals surface area contributed by atoms with Crippen molar-refractivity contribution in [3.63, 3.8) is 0 Å². The number of carbonyl (C=O) groups is 2. The van der Waals surface area contributed by atoms with E-state index in [4.69, 9.17) is 16.3 Å². The highest BCUT2D eigenvalue weighted by molar-refractivity contribution is 7.99. The molecule has 2 aliphatic rings. The van der Waals surface area contributed by atoms with Crippen molar-refractivity contribution < 1.29 is 14.3 Å². The number of carbonyl (C=O) groups excluding carboxylic acids is 2. The molecule has 2 aliphatic heterocycles. The highest BCUT2D eigenvalue weighted by atomic mass is 35.5. The number of benzene rings is 1. The fourth-order valence-corrected chi connectivity index (χ4v) is 6.28. The van der Waals surface area contributed by atoms with Gasteiger partial charge in [-0.1, -0.05) is 23.4 Å². The van der Waals surface area contributed by atoms with Crippen LogP contribution in [0.25, 0.3) is 11.0 Å². The summed E-state index contributed by atoms with van der Waals surface area (Å²) in [6, 6.07) is 5.23. The zero-order chi connectivity index (χ0) is 26.2. The molecule has 1 amide bonds. The molecular formula is C27H34ClN5O3S. The molecule has 5 rings (SSSR count). The largest absolute Gasteiger partial charge is 0.443 e. The molecule has 0 bridgehead atoms. The Morgan fingerprint density at radius 2 is 1.95 bits per heavy atom. The Bertz CT molecular complexity index is 1300. The van der Waals surface area contributed by atoms with Crippen LogP contribution in [-0.2, 0) is 22.5 Å². The molecule has 3 aromatic rings. The summed E-state index contributed by atoms with van der Waals surface area (Å²) < 4.78 is 9.50. The number of rotatable bonds is 5. The smallest absolute Gasteiger partial charge is 0.421 e. The predicted octanol–water partition coefficient (Wildman–Crippen LogP) is 5.89. The van der Waals surface area contributed by atoms with Crippen LogP contribution in [0.4, 0.5) is 4.79 Å². The third-order valence-electron chi connectivity index (χ3n) is 6.98. The van der Waals surface area contributed by atoms with Gasteiger partial charge in [-0.25, -0.2) is 19.3 Å². The van der Waals surface area contributed by atoms with Gasteiger partial charge in [0.1, 0.15) is 11.4 Å².